The van der Waals surface area contributed by atoms with Gasteiger partial charge in [-0.2, -0.15) is 9.50 Å². The van der Waals surface area contributed by atoms with E-state index >= 15 is 0 Å². The second-order valence-electron chi connectivity index (χ2n) is 5.89. The minimum absolute atomic E-state index is 0.206. The maximum Gasteiger partial charge on any atom is 0.291 e. The molecule has 4 aromatic rings. The number of hydrogen-bond donors (Lipinski definition) is 0. The number of hydrogen-bond acceptors (Lipinski definition) is 7. The third-order valence-corrected chi connectivity index (χ3v) is 5.17. The Morgan fingerprint density at radius 2 is 1.82 bits per heavy atom. The van der Waals surface area contributed by atoms with Crippen LogP contribution in [0.25, 0.3) is 22.4 Å². The highest BCUT2D eigenvalue weighted by Gasteiger charge is 2.14. The van der Waals surface area contributed by atoms with Gasteiger partial charge in [-0.1, -0.05) is 23.5 Å². The normalized spacial score (nSPS) is 11.8. The van der Waals surface area contributed by atoms with Gasteiger partial charge >= 0.3 is 0 Å². The summed E-state index contributed by atoms with van der Waals surface area (Å²) in [5.41, 5.74) is 1.41. The van der Waals surface area contributed by atoms with Crippen molar-refractivity contribution < 1.29 is 14.2 Å². The molecule has 0 atom stereocenters. The third-order valence-electron chi connectivity index (χ3n) is 4.22. The van der Waals surface area contributed by atoms with E-state index in [1.165, 1.54) is 15.9 Å². The summed E-state index contributed by atoms with van der Waals surface area (Å²) in [6.45, 7) is 0. The lowest BCUT2D eigenvalue weighted by Gasteiger charge is -2.07. The lowest BCUT2D eigenvalue weighted by Crippen LogP contribution is -2.23. The van der Waals surface area contributed by atoms with Gasteiger partial charge in [0.1, 0.15) is 5.75 Å². The first-order valence-corrected chi connectivity index (χ1v) is 9.22. The molecule has 0 unspecified atom stereocenters. The van der Waals surface area contributed by atoms with Gasteiger partial charge in [-0.15, -0.1) is 5.10 Å². The van der Waals surface area contributed by atoms with Gasteiger partial charge in [-0.05, 0) is 42.0 Å². The summed E-state index contributed by atoms with van der Waals surface area (Å²) in [4.78, 5) is 17.8. The van der Waals surface area contributed by atoms with Crippen LogP contribution in [0.5, 0.6) is 17.2 Å². The van der Waals surface area contributed by atoms with Crippen LogP contribution < -0.4 is 24.3 Å². The molecule has 8 heteroatoms. The van der Waals surface area contributed by atoms with E-state index in [0.717, 1.165) is 16.9 Å². The molecular formula is C20H17N3O4S. The van der Waals surface area contributed by atoms with Crippen molar-refractivity contribution in [3.63, 3.8) is 0 Å². The maximum atomic E-state index is 12.7. The van der Waals surface area contributed by atoms with E-state index in [-0.39, 0.29) is 5.56 Å². The minimum atomic E-state index is -0.206. The zero-order valence-corrected chi connectivity index (χ0v) is 16.3. The summed E-state index contributed by atoms with van der Waals surface area (Å²) < 4.78 is 17.7. The zero-order chi connectivity index (χ0) is 19.7. The van der Waals surface area contributed by atoms with Gasteiger partial charge in [-0.25, -0.2) is 0 Å². The average Bonchev–Trinajstić information content (AvgIpc) is 3.27. The van der Waals surface area contributed by atoms with Crippen LogP contribution >= 0.6 is 11.3 Å². The van der Waals surface area contributed by atoms with Crippen LogP contribution in [0.4, 0.5) is 0 Å². The molecule has 0 amide bonds. The van der Waals surface area contributed by atoms with Gasteiger partial charge in [0.25, 0.3) is 5.56 Å². The number of rotatable bonds is 5. The van der Waals surface area contributed by atoms with Gasteiger partial charge in [0.05, 0.1) is 25.9 Å². The number of thiazole rings is 1. The molecule has 142 valence electrons. The lowest BCUT2D eigenvalue weighted by atomic mass is 10.2. The first-order chi connectivity index (χ1) is 13.6. The standard InChI is InChI=1S/C20H17N3O4S/c1-25-14-6-4-5-12(9-14)10-17-19(24)23-20(28-17)21-18(22-23)13-7-8-15(26-2)16(11-13)27-3/h4-11H,1-3H3. The number of aromatic nitrogens is 3. The highest BCUT2D eigenvalue weighted by atomic mass is 32.1. The van der Waals surface area contributed by atoms with E-state index in [2.05, 4.69) is 10.1 Å². The van der Waals surface area contributed by atoms with Crippen LogP contribution in [0.3, 0.4) is 0 Å². The van der Waals surface area contributed by atoms with Crippen LogP contribution in [0.15, 0.2) is 47.3 Å². The molecule has 2 aromatic carbocycles. The molecule has 0 saturated heterocycles. The predicted molar refractivity (Wildman–Crippen MR) is 107 cm³/mol. The van der Waals surface area contributed by atoms with E-state index < -0.39 is 0 Å². The molecule has 2 heterocycles. The Bertz CT molecular complexity index is 1260. The molecule has 0 N–H and O–H groups in total. The Balaban J connectivity index is 1.76. The summed E-state index contributed by atoms with van der Waals surface area (Å²) in [6.07, 6.45) is 1.81. The molecule has 0 spiro atoms. The van der Waals surface area contributed by atoms with Crippen molar-refractivity contribution in [2.45, 2.75) is 0 Å². The molecule has 0 aliphatic carbocycles. The van der Waals surface area contributed by atoms with Gasteiger partial charge in [0.15, 0.2) is 17.3 Å². The molecule has 0 aliphatic rings. The fourth-order valence-electron chi connectivity index (χ4n) is 2.81. The van der Waals surface area contributed by atoms with Gasteiger partial charge < -0.3 is 14.2 Å². The highest BCUT2D eigenvalue weighted by Crippen LogP contribution is 2.31. The predicted octanol–water partition coefficient (Wildman–Crippen LogP) is 2.39. The van der Waals surface area contributed by atoms with Crippen LogP contribution in [0.1, 0.15) is 5.56 Å². The summed E-state index contributed by atoms with van der Waals surface area (Å²) >= 11 is 1.29. The molecule has 7 nitrogen and oxygen atoms in total. The van der Waals surface area contributed by atoms with Crippen LogP contribution in [-0.2, 0) is 0 Å². The van der Waals surface area contributed by atoms with Crippen LogP contribution in [0.2, 0.25) is 0 Å². The molecule has 0 fully saturated rings. The molecule has 4 rings (SSSR count). The number of methoxy groups -OCH3 is 3. The highest BCUT2D eigenvalue weighted by molar-refractivity contribution is 7.15. The van der Waals surface area contributed by atoms with Crippen molar-refractivity contribution in [1.82, 2.24) is 14.6 Å². The molecule has 28 heavy (non-hydrogen) atoms. The molecule has 2 aromatic heterocycles. The molecule has 0 saturated carbocycles. The van der Waals surface area contributed by atoms with Crippen LogP contribution in [0, 0.1) is 0 Å². The molecule has 0 radical (unpaired) electrons. The SMILES string of the molecule is COc1cccc(C=c2sc3nc(-c4ccc(OC)c(OC)c4)nn3c2=O)c1. The fourth-order valence-corrected chi connectivity index (χ4v) is 3.72. The molecule has 0 bridgehead atoms. The Hall–Kier alpha value is -3.39. The summed E-state index contributed by atoms with van der Waals surface area (Å²) in [5, 5.41) is 4.37. The number of fused-ring (bicyclic) bond motifs is 1. The number of ether oxygens (including phenoxy) is 3. The van der Waals surface area contributed by atoms with E-state index in [0.29, 0.717) is 26.8 Å². The lowest BCUT2D eigenvalue weighted by molar-refractivity contribution is 0.355. The first-order valence-electron chi connectivity index (χ1n) is 8.40. The Morgan fingerprint density at radius 3 is 2.54 bits per heavy atom. The molecular weight excluding hydrogens is 378 g/mol. The van der Waals surface area contributed by atoms with Crippen molar-refractivity contribution in [2.75, 3.05) is 21.3 Å². The van der Waals surface area contributed by atoms with E-state index in [1.807, 2.05) is 36.4 Å². The van der Waals surface area contributed by atoms with Crippen molar-refractivity contribution in [2.24, 2.45) is 0 Å². The fraction of sp³-hybridized carbons (Fsp3) is 0.150. The van der Waals surface area contributed by atoms with E-state index in [9.17, 15) is 4.79 Å². The summed E-state index contributed by atoms with van der Waals surface area (Å²) in [5.74, 6) is 2.38. The van der Waals surface area contributed by atoms with Gasteiger partial charge in [0.2, 0.25) is 4.96 Å². The second kappa shape index (κ2) is 7.32. The topological polar surface area (TPSA) is 74.9 Å². The van der Waals surface area contributed by atoms with Crippen molar-refractivity contribution in [3.8, 4) is 28.6 Å². The number of nitrogens with zero attached hydrogens (tertiary/aromatic N) is 3. The van der Waals surface area contributed by atoms with E-state index in [4.69, 9.17) is 14.2 Å². The number of benzene rings is 2. The Labute approximate surface area is 164 Å². The zero-order valence-electron chi connectivity index (χ0n) is 15.5. The summed E-state index contributed by atoms with van der Waals surface area (Å²) in [6, 6.07) is 12.9. The van der Waals surface area contributed by atoms with Gasteiger partial charge in [0, 0.05) is 5.56 Å². The van der Waals surface area contributed by atoms with E-state index in [1.54, 1.807) is 33.5 Å². The van der Waals surface area contributed by atoms with Crippen molar-refractivity contribution >= 4 is 22.4 Å². The maximum absolute atomic E-state index is 12.7. The second-order valence-corrected chi connectivity index (χ2v) is 6.90. The average molecular weight is 395 g/mol. The monoisotopic (exact) mass is 395 g/mol. The van der Waals surface area contributed by atoms with Crippen molar-refractivity contribution in [1.29, 1.82) is 0 Å². The Morgan fingerprint density at radius 1 is 1.00 bits per heavy atom. The first kappa shape index (κ1) is 18.0. The Kier molecular flexibility index (Phi) is 4.70. The van der Waals surface area contributed by atoms with Crippen LogP contribution in [-0.4, -0.2) is 35.9 Å². The third kappa shape index (κ3) is 3.18. The summed E-state index contributed by atoms with van der Waals surface area (Å²) in [7, 11) is 4.75. The van der Waals surface area contributed by atoms with Crippen molar-refractivity contribution in [3.05, 3.63) is 62.9 Å². The smallest absolute Gasteiger partial charge is 0.291 e. The van der Waals surface area contributed by atoms with Gasteiger partial charge in [-0.3, -0.25) is 4.79 Å². The quantitative estimate of drug-likeness (QED) is 0.517. The largest absolute Gasteiger partial charge is 0.497 e. The minimum Gasteiger partial charge on any atom is -0.497 e. The molecule has 0 aliphatic heterocycles.